The van der Waals surface area contributed by atoms with E-state index in [1.165, 1.54) is 0 Å². The first-order chi connectivity index (χ1) is 4.38. The van der Waals surface area contributed by atoms with E-state index < -0.39 is 0 Å². The first kappa shape index (κ1) is 5.45. The largest absolute Gasteiger partial charge is 0.311 e. The highest BCUT2D eigenvalue weighted by atomic mass is 15.2. The van der Waals surface area contributed by atoms with E-state index in [4.69, 9.17) is 0 Å². The van der Waals surface area contributed by atoms with Crippen LogP contribution in [0.3, 0.4) is 0 Å². The quantitative estimate of drug-likeness (QED) is 0.451. The van der Waals surface area contributed by atoms with Crippen LogP contribution in [0, 0.1) is 0 Å². The van der Waals surface area contributed by atoms with Crippen molar-refractivity contribution in [3.8, 4) is 0 Å². The molecule has 50 valence electrons. The van der Waals surface area contributed by atoms with Crippen molar-refractivity contribution in [3.63, 3.8) is 0 Å². The maximum absolute atomic E-state index is 3.34. The van der Waals surface area contributed by atoms with Crippen LogP contribution >= 0.6 is 0 Å². The van der Waals surface area contributed by atoms with Gasteiger partial charge >= 0.3 is 0 Å². The topological polar surface area (TPSA) is 15.3 Å². The fourth-order valence-corrected chi connectivity index (χ4v) is 1.64. The molecule has 2 heterocycles. The highest BCUT2D eigenvalue weighted by Crippen LogP contribution is 2.18. The number of nitrogens with one attached hydrogen (secondary N) is 1. The number of likely N-dealkylation sites (N-methyl/N-ethyl adjacent to an activating group) is 1. The minimum atomic E-state index is 0.727. The summed E-state index contributed by atoms with van der Waals surface area (Å²) in [4.78, 5) is 2.38. The number of hydrogen-bond acceptors (Lipinski definition) is 2. The number of hydrogen-bond donors (Lipinski definition) is 1. The zero-order valence-corrected chi connectivity index (χ0v) is 5.72. The number of rotatable bonds is 0. The third-order valence-corrected chi connectivity index (χ3v) is 2.27. The van der Waals surface area contributed by atoms with Gasteiger partial charge in [0.25, 0.3) is 0 Å². The molecule has 9 heavy (non-hydrogen) atoms. The van der Waals surface area contributed by atoms with E-state index in [1.54, 1.807) is 5.57 Å². The van der Waals surface area contributed by atoms with Gasteiger partial charge in [0.05, 0.1) is 0 Å². The molecule has 0 aromatic carbocycles. The van der Waals surface area contributed by atoms with Crippen LogP contribution in [0.1, 0.15) is 0 Å². The summed E-state index contributed by atoms with van der Waals surface area (Å²) in [6, 6.07) is 0.727. The summed E-state index contributed by atoms with van der Waals surface area (Å²) in [5.74, 6) is 0. The lowest BCUT2D eigenvalue weighted by Gasteiger charge is -2.15. The van der Waals surface area contributed by atoms with E-state index in [9.17, 15) is 0 Å². The van der Waals surface area contributed by atoms with Crippen LogP contribution in [-0.2, 0) is 0 Å². The summed E-state index contributed by atoms with van der Waals surface area (Å²) in [7, 11) is 2.18. The normalized spacial score (nSPS) is 34.8. The Kier molecular flexibility index (Phi) is 1.10. The van der Waals surface area contributed by atoms with Crippen molar-refractivity contribution >= 4 is 0 Å². The molecule has 2 rings (SSSR count). The van der Waals surface area contributed by atoms with Crippen molar-refractivity contribution in [1.29, 1.82) is 0 Å². The molecule has 1 atom stereocenters. The molecule has 0 amide bonds. The maximum atomic E-state index is 3.34. The molecule has 1 saturated heterocycles. The number of fused-ring (bicyclic) bond motifs is 1. The van der Waals surface area contributed by atoms with E-state index in [0.717, 1.165) is 25.7 Å². The summed E-state index contributed by atoms with van der Waals surface area (Å²) >= 11 is 0. The van der Waals surface area contributed by atoms with Gasteiger partial charge < -0.3 is 5.32 Å². The molecule has 1 fully saturated rings. The minimum absolute atomic E-state index is 0.727. The summed E-state index contributed by atoms with van der Waals surface area (Å²) < 4.78 is 0. The molecule has 2 aliphatic rings. The molecule has 0 spiro atoms. The van der Waals surface area contributed by atoms with Crippen LogP contribution < -0.4 is 5.32 Å². The summed E-state index contributed by atoms with van der Waals surface area (Å²) in [6.07, 6.45) is 2.34. The second-order valence-corrected chi connectivity index (χ2v) is 2.87. The molecule has 0 unspecified atom stereocenters. The predicted octanol–water partition coefficient (Wildman–Crippen LogP) is -0.170. The zero-order valence-electron chi connectivity index (χ0n) is 5.72. The summed E-state index contributed by atoms with van der Waals surface area (Å²) in [5, 5.41) is 3.34. The lowest BCUT2D eigenvalue weighted by atomic mass is 10.2. The lowest BCUT2D eigenvalue weighted by molar-refractivity contribution is 0.337. The highest BCUT2D eigenvalue weighted by molar-refractivity contribution is 5.23. The predicted molar refractivity (Wildman–Crippen MR) is 37.4 cm³/mol. The van der Waals surface area contributed by atoms with Crippen molar-refractivity contribution < 1.29 is 0 Å². The average molecular weight is 124 g/mol. The Morgan fingerprint density at radius 3 is 3.44 bits per heavy atom. The molecule has 0 saturated carbocycles. The highest BCUT2D eigenvalue weighted by Gasteiger charge is 2.27. The van der Waals surface area contributed by atoms with Gasteiger partial charge in [-0.25, -0.2) is 0 Å². The van der Waals surface area contributed by atoms with E-state index in [1.807, 2.05) is 0 Å². The van der Waals surface area contributed by atoms with Gasteiger partial charge in [0.15, 0.2) is 0 Å². The Balaban J connectivity index is 2.19. The standard InChI is InChI=1S/C7H12N2/c1-9-3-2-6-4-8-5-7(6)9/h2,7-8H,3-5H2,1H3/t7-/m0/s1. The van der Waals surface area contributed by atoms with Gasteiger partial charge in [-0.05, 0) is 12.6 Å². The van der Waals surface area contributed by atoms with Gasteiger partial charge in [-0.2, -0.15) is 0 Å². The molecular weight excluding hydrogens is 112 g/mol. The third kappa shape index (κ3) is 0.705. The van der Waals surface area contributed by atoms with Crippen LogP contribution in [-0.4, -0.2) is 37.6 Å². The zero-order chi connectivity index (χ0) is 6.27. The van der Waals surface area contributed by atoms with Crippen molar-refractivity contribution in [3.05, 3.63) is 11.6 Å². The second-order valence-electron chi connectivity index (χ2n) is 2.87. The molecule has 1 N–H and O–H groups in total. The first-order valence-corrected chi connectivity index (χ1v) is 3.48. The van der Waals surface area contributed by atoms with Gasteiger partial charge in [0.1, 0.15) is 0 Å². The van der Waals surface area contributed by atoms with E-state index in [2.05, 4.69) is 23.3 Å². The molecule has 2 heteroatoms. The van der Waals surface area contributed by atoms with E-state index in [-0.39, 0.29) is 0 Å². The Labute approximate surface area is 55.5 Å². The summed E-state index contributed by atoms with van der Waals surface area (Å²) in [5.41, 5.74) is 1.59. The first-order valence-electron chi connectivity index (χ1n) is 3.48. The lowest BCUT2D eigenvalue weighted by Crippen LogP contribution is -2.30. The van der Waals surface area contributed by atoms with Crippen LogP contribution in [0.25, 0.3) is 0 Å². The van der Waals surface area contributed by atoms with E-state index in [0.29, 0.717) is 0 Å². The monoisotopic (exact) mass is 124 g/mol. The number of nitrogens with zero attached hydrogens (tertiary/aromatic N) is 1. The molecule has 0 radical (unpaired) electrons. The minimum Gasteiger partial charge on any atom is -0.311 e. The fourth-order valence-electron chi connectivity index (χ4n) is 1.64. The molecule has 2 nitrogen and oxygen atoms in total. The van der Waals surface area contributed by atoms with Gasteiger partial charge in [-0.15, -0.1) is 0 Å². The Morgan fingerprint density at radius 2 is 2.67 bits per heavy atom. The smallest absolute Gasteiger partial charge is 0.0445 e. The van der Waals surface area contributed by atoms with E-state index >= 15 is 0 Å². The van der Waals surface area contributed by atoms with Crippen molar-refractivity contribution in [2.24, 2.45) is 0 Å². The molecule has 0 aromatic rings. The summed E-state index contributed by atoms with van der Waals surface area (Å²) in [6.45, 7) is 3.43. The van der Waals surface area contributed by atoms with Crippen LogP contribution in [0.4, 0.5) is 0 Å². The van der Waals surface area contributed by atoms with Gasteiger partial charge in [0, 0.05) is 25.7 Å². The van der Waals surface area contributed by atoms with Gasteiger partial charge in [-0.3, -0.25) is 4.90 Å². The third-order valence-electron chi connectivity index (χ3n) is 2.27. The maximum Gasteiger partial charge on any atom is 0.0445 e. The molecule has 0 aliphatic carbocycles. The fraction of sp³-hybridized carbons (Fsp3) is 0.714. The molecular formula is C7H12N2. The van der Waals surface area contributed by atoms with Gasteiger partial charge in [-0.1, -0.05) is 6.08 Å². The Hall–Kier alpha value is -0.340. The van der Waals surface area contributed by atoms with Crippen LogP contribution in [0.15, 0.2) is 11.6 Å². The Morgan fingerprint density at radius 1 is 1.78 bits per heavy atom. The SMILES string of the molecule is CN1CC=C2CNC[C@@H]21. The molecule has 0 aromatic heterocycles. The van der Waals surface area contributed by atoms with Crippen molar-refractivity contribution in [1.82, 2.24) is 10.2 Å². The molecule has 0 bridgehead atoms. The van der Waals surface area contributed by atoms with Gasteiger partial charge in [0.2, 0.25) is 0 Å². The Bertz CT molecular complexity index is 151. The van der Waals surface area contributed by atoms with Crippen LogP contribution in [0.5, 0.6) is 0 Å². The van der Waals surface area contributed by atoms with Crippen molar-refractivity contribution in [2.75, 3.05) is 26.7 Å². The second kappa shape index (κ2) is 1.82. The van der Waals surface area contributed by atoms with Crippen molar-refractivity contribution in [2.45, 2.75) is 6.04 Å². The molecule has 2 aliphatic heterocycles. The average Bonchev–Trinajstić information content (AvgIpc) is 2.35. The van der Waals surface area contributed by atoms with Crippen LogP contribution in [0.2, 0.25) is 0 Å².